The molecular weight excluding hydrogens is 234 g/mol. The number of hydrogen-bond donors (Lipinski definition) is 0. The van der Waals surface area contributed by atoms with E-state index in [9.17, 15) is 0 Å². The summed E-state index contributed by atoms with van der Waals surface area (Å²) in [7, 11) is 9.87. The van der Waals surface area contributed by atoms with E-state index in [-0.39, 0.29) is 0 Å². The van der Waals surface area contributed by atoms with Gasteiger partial charge in [0.1, 0.15) is 0 Å². The van der Waals surface area contributed by atoms with Crippen LogP contribution in [0.5, 0.6) is 0 Å². The number of halogens is 2. The number of allylic oxidation sites excluding steroid dienone is 2. The summed E-state index contributed by atoms with van der Waals surface area (Å²) in [6.45, 7) is 11.2. The van der Waals surface area contributed by atoms with E-state index in [2.05, 4.69) is 13.2 Å². The SMILES string of the molecule is C=C(C)C(=C)C.[Cl][Zr][Cl]. The summed E-state index contributed by atoms with van der Waals surface area (Å²) in [4.78, 5) is 0. The van der Waals surface area contributed by atoms with Crippen molar-refractivity contribution in [2.45, 2.75) is 13.8 Å². The van der Waals surface area contributed by atoms with Gasteiger partial charge < -0.3 is 0 Å². The molecule has 52 valence electrons. The van der Waals surface area contributed by atoms with Crippen molar-refractivity contribution in [3.63, 3.8) is 0 Å². The zero-order valence-electron chi connectivity index (χ0n) is 5.67. The Bertz CT molecular complexity index is 87.2. The molecular formula is C6H10Cl2Zr. The maximum atomic E-state index is 4.93. The number of hydrogen-bond acceptors (Lipinski definition) is 0. The second-order valence-corrected chi connectivity index (χ2v) is 5.36. The fourth-order valence-corrected chi connectivity index (χ4v) is 0. The van der Waals surface area contributed by atoms with E-state index in [0.29, 0.717) is 0 Å². The van der Waals surface area contributed by atoms with E-state index in [4.69, 9.17) is 17.0 Å². The van der Waals surface area contributed by atoms with Crippen LogP contribution in [0.25, 0.3) is 0 Å². The molecule has 0 unspecified atom stereocenters. The third-order valence-electron chi connectivity index (χ3n) is 0.729. The Labute approximate surface area is 75.6 Å². The second-order valence-electron chi connectivity index (χ2n) is 1.63. The van der Waals surface area contributed by atoms with Crippen molar-refractivity contribution in [3.05, 3.63) is 24.3 Å². The van der Waals surface area contributed by atoms with Crippen molar-refractivity contribution in [1.29, 1.82) is 0 Å². The molecule has 0 heterocycles. The van der Waals surface area contributed by atoms with Crippen molar-refractivity contribution < 1.29 is 20.8 Å². The first-order valence-electron chi connectivity index (χ1n) is 2.34. The Morgan fingerprint density at radius 3 is 1.22 bits per heavy atom. The summed E-state index contributed by atoms with van der Waals surface area (Å²) in [5, 5.41) is 0. The molecule has 0 aromatic rings. The van der Waals surface area contributed by atoms with Crippen molar-refractivity contribution in [3.8, 4) is 0 Å². The molecule has 0 amide bonds. The van der Waals surface area contributed by atoms with Gasteiger partial charge in [0.15, 0.2) is 0 Å². The van der Waals surface area contributed by atoms with Crippen molar-refractivity contribution in [2.24, 2.45) is 0 Å². The summed E-state index contributed by atoms with van der Waals surface area (Å²) < 4.78 is 0. The van der Waals surface area contributed by atoms with Gasteiger partial charge in [-0.2, -0.15) is 0 Å². The van der Waals surface area contributed by atoms with Crippen LogP contribution in [0.3, 0.4) is 0 Å². The Morgan fingerprint density at radius 2 is 1.22 bits per heavy atom. The summed E-state index contributed by atoms with van der Waals surface area (Å²) in [6, 6.07) is 0. The Morgan fingerprint density at radius 1 is 1.11 bits per heavy atom. The first-order valence-corrected chi connectivity index (χ1v) is 8.67. The summed E-state index contributed by atoms with van der Waals surface area (Å²) in [5.74, 6) is 0. The van der Waals surface area contributed by atoms with Crippen LogP contribution < -0.4 is 0 Å². The van der Waals surface area contributed by atoms with E-state index in [1.807, 2.05) is 13.8 Å². The molecule has 3 heteroatoms. The third kappa shape index (κ3) is 17.6. The molecule has 0 nitrogen and oxygen atoms in total. The monoisotopic (exact) mass is 242 g/mol. The predicted octanol–water partition coefficient (Wildman–Crippen LogP) is 3.52. The van der Waals surface area contributed by atoms with Crippen LogP contribution in [-0.4, -0.2) is 0 Å². The summed E-state index contributed by atoms with van der Waals surface area (Å²) >= 11 is -0.826. The van der Waals surface area contributed by atoms with Gasteiger partial charge in [0.05, 0.1) is 0 Å². The first kappa shape index (κ1) is 12.6. The van der Waals surface area contributed by atoms with Gasteiger partial charge in [-0.1, -0.05) is 24.3 Å². The quantitative estimate of drug-likeness (QED) is 0.619. The normalized spacial score (nSPS) is 6.67. The first-order chi connectivity index (χ1) is 4.06. The zero-order valence-corrected chi connectivity index (χ0v) is 9.64. The van der Waals surface area contributed by atoms with Gasteiger partial charge in [-0.25, -0.2) is 0 Å². The van der Waals surface area contributed by atoms with Crippen LogP contribution in [0.4, 0.5) is 0 Å². The Hall–Kier alpha value is 0.943. The molecule has 0 saturated heterocycles. The van der Waals surface area contributed by atoms with Crippen molar-refractivity contribution >= 4 is 17.0 Å². The molecule has 0 aliphatic carbocycles. The van der Waals surface area contributed by atoms with Crippen molar-refractivity contribution in [2.75, 3.05) is 0 Å². The van der Waals surface area contributed by atoms with Crippen LogP contribution in [0, 0.1) is 0 Å². The minimum atomic E-state index is -0.826. The van der Waals surface area contributed by atoms with Gasteiger partial charge in [-0.05, 0) is 13.8 Å². The topological polar surface area (TPSA) is 0 Å². The van der Waals surface area contributed by atoms with E-state index < -0.39 is 20.8 Å². The second kappa shape index (κ2) is 8.94. The molecule has 0 fully saturated rings. The maximum absolute atomic E-state index is 4.93. The molecule has 0 bridgehead atoms. The van der Waals surface area contributed by atoms with E-state index >= 15 is 0 Å². The van der Waals surface area contributed by atoms with Gasteiger partial charge in [0, 0.05) is 0 Å². The molecule has 0 aromatic carbocycles. The summed E-state index contributed by atoms with van der Waals surface area (Å²) in [6.07, 6.45) is 0. The third-order valence-corrected chi connectivity index (χ3v) is 0.729. The fraction of sp³-hybridized carbons (Fsp3) is 0.333. The van der Waals surface area contributed by atoms with Gasteiger partial charge in [-0.15, -0.1) is 0 Å². The molecule has 0 atom stereocenters. The van der Waals surface area contributed by atoms with E-state index in [1.165, 1.54) is 0 Å². The average Bonchev–Trinajstić information content (AvgIpc) is 1.68. The molecule has 0 aliphatic heterocycles. The molecule has 0 saturated carbocycles. The van der Waals surface area contributed by atoms with Crippen LogP contribution in [-0.2, 0) is 20.8 Å². The number of rotatable bonds is 1. The van der Waals surface area contributed by atoms with Crippen LogP contribution in [0.1, 0.15) is 13.8 Å². The van der Waals surface area contributed by atoms with Crippen LogP contribution >= 0.6 is 17.0 Å². The minimum absolute atomic E-state index is 0.826. The average molecular weight is 244 g/mol. The van der Waals surface area contributed by atoms with Gasteiger partial charge in [0.25, 0.3) is 0 Å². The molecule has 0 aromatic heterocycles. The van der Waals surface area contributed by atoms with Gasteiger partial charge >= 0.3 is 37.9 Å². The van der Waals surface area contributed by atoms with Gasteiger partial charge in [-0.3, -0.25) is 0 Å². The van der Waals surface area contributed by atoms with E-state index in [0.717, 1.165) is 11.1 Å². The van der Waals surface area contributed by atoms with Crippen molar-refractivity contribution in [1.82, 2.24) is 0 Å². The van der Waals surface area contributed by atoms with E-state index in [1.54, 1.807) is 0 Å². The fourth-order valence-electron chi connectivity index (χ4n) is 0. The molecule has 0 aliphatic rings. The molecule has 9 heavy (non-hydrogen) atoms. The standard InChI is InChI=1S/C6H10.2ClH.Zr/c1-5(2)6(3)4;;;/h1,3H2,2,4H3;2*1H;/q;;;+2/p-2. The molecule has 0 rings (SSSR count). The Kier molecular flexibility index (Phi) is 12.5. The molecule has 0 spiro atoms. The molecule has 0 N–H and O–H groups in total. The zero-order chi connectivity index (χ0) is 7.86. The summed E-state index contributed by atoms with van der Waals surface area (Å²) in [5.41, 5.74) is 2.13. The van der Waals surface area contributed by atoms with Crippen LogP contribution in [0.2, 0.25) is 0 Å². The Balaban J connectivity index is 0. The van der Waals surface area contributed by atoms with Crippen LogP contribution in [0.15, 0.2) is 24.3 Å². The van der Waals surface area contributed by atoms with Gasteiger partial charge in [0.2, 0.25) is 0 Å². The predicted molar refractivity (Wildman–Crippen MR) is 41.3 cm³/mol. The molecule has 0 radical (unpaired) electrons.